The summed E-state index contributed by atoms with van der Waals surface area (Å²) in [6, 6.07) is 5.25. The molecule has 104 valence electrons. The van der Waals surface area contributed by atoms with Crippen LogP contribution in [0.4, 0.5) is 0 Å². The Balaban J connectivity index is 2.20. The summed E-state index contributed by atoms with van der Waals surface area (Å²) in [6.45, 7) is 3.37. The Bertz CT molecular complexity index is 466. The van der Waals surface area contributed by atoms with E-state index in [4.69, 9.17) is 15.2 Å². The number of likely N-dealkylation sites (tertiary alicyclic amines) is 1. The molecule has 0 radical (unpaired) electrons. The van der Waals surface area contributed by atoms with Gasteiger partial charge in [-0.3, -0.25) is 4.79 Å². The lowest BCUT2D eigenvalue weighted by Crippen LogP contribution is -2.32. The summed E-state index contributed by atoms with van der Waals surface area (Å²) < 4.78 is 10.4. The van der Waals surface area contributed by atoms with E-state index in [1.807, 2.05) is 0 Å². The van der Waals surface area contributed by atoms with E-state index < -0.39 is 0 Å². The van der Waals surface area contributed by atoms with E-state index in [9.17, 15) is 4.79 Å². The maximum absolute atomic E-state index is 12.4. The van der Waals surface area contributed by atoms with Crippen LogP contribution in [0.1, 0.15) is 17.3 Å². The van der Waals surface area contributed by atoms with E-state index in [-0.39, 0.29) is 11.9 Å². The number of nitrogens with two attached hydrogens (primary N) is 1. The van der Waals surface area contributed by atoms with Crippen molar-refractivity contribution in [2.24, 2.45) is 11.7 Å². The molecule has 1 aliphatic rings. The molecule has 19 heavy (non-hydrogen) atoms. The van der Waals surface area contributed by atoms with Crippen molar-refractivity contribution in [2.75, 3.05) is 27.3 Å². The topological polar surface area (TPSA) is 64.8 Å². The fraction of sp³-hybridized carbons (Fsp3) is 0.500. The van der Waals surface area contributed by atoms with Gasteiger partial charge in [0.25, 0.3) is 5.91 Å². The number of ether oxygens (including phenoxy) is 2. The third-order valence-corrected chi connectivity index (χ3v) is 3.59. The third-order valence-electron chi connectivity index (χ3n) is 3.59. The largest absolute Gasteiger partial charge is 0.493 e. The highest BCUT2D eigenvalue weighted by molar-refractivity contribution is 5.95. The van der Waals surface area contributed by atoms with Crippen LogP contribution < -0.4 is 15.2 Å². The minimum Gasteiger partial charge on any atom is -0.493 e. The van der Waals surface area contributed by atoms with Crippen molar-refractivity contribution in [3.63, 3.8) is 0 Å². The highest BCUT2D eigenvalue weighted by Crippen LogP contribution is 2.28. The van der Waals surface area contributed by atoms with Crippen LogP contribution in [0, 0.1) is 5.92 Å². The molecule has 1 heterocycles. The number of carbonyl (C=O) groups excluding carboxylic acids is 1. The van der Waals surface area contributed by atoms with Gasteiger partial charge in [0.2, 0.25) is 0 Å². The molecular formula is C14H20N2O3. The summed E-state index contributed by atoms with van der Waals surface area (Å²) in [7, 11) is 3.13. The minimum atomic E-state index is -0.0132. The highest BCUT2D eigenvalue weighted by atomic mass is 16.5. The molecule has 2 unspecified atom stereocenters. The number of methoxy groups -OCH3 is 2. The molecule has 0 spiro atoms. The fourth-order valence-corrected chi connectivity index (χ4v) is 2.31. The van der Waals surface area contributed by atoms with E-state index >= 15 is 0 Å². The summed E-state index contributed by atoms with van der Waals surface area (Å²) in [6.07, 6.45) is 0. The standard InChI is InChI=1S/C14H20N2O3/c1-9-7-16(8-11(9)15)14(17)10-4-5-12(18-2)13(6-10)19-3/h4-6,9,11H,7-8,15H2,1-3H3. The molecule has 2 atom stereocenters. The Labute approximate surface area is 113 Å². The first-order valence-corrected chi connectivity index (χ1v) is 6.33. The van der Waals surface area contributed by atoms with Crippen LogP contribution in [0.2, 0.25) is 0 Å². The molecule has 1 aliphatic heterocycles. The van der Waals surface area contributed by atoms with Crippen molar-refractivity contribution in [1.29, 1.82) is 0 Å². The number of hydrogen-bond donors (Lipinski definition) is 1. The molecular weight excluding hydrogens is 244 g/mol. The monoisotopic (exact) mass is 264 g/mol. The highest BCUT2D eigenvalue weighted by Gasteiger charge is 2.30. The maximum Gasteiger partial charge on any atom is 0.254 e. The predicted octanol–water partition coefficient (Wildman–Crippen LogP) is 1.12. The van der Waals surface area contributed by atoms with Crippen molar-refractivity contribution < 1.29 is 14.3 Å². The molecule has 0 aromatic heterocycles. The van der Waals surface area contributed by atoms with Crippen LogP contribution in [-0.4, -0.2) is 44.2 Å². The van der Waals surface area contributed by atoms with Gasteiger partial charge in [0.05, 0.1) is 14.2 Å². The van der Waals surface area contributed by atoms with E-state index in [1.54, 1.807) is 37.3 Å². The van der Waals surface area contributed by atoms with Crippen molar-refractivity contribution in [3.8, 4) is 11.5 Å². The maximum atomic E-state index is 12.4. The molecule has 1 saturated heterocycles. The molecule has 0 aliphatic carbocycles. The smallest absolute Gasteiger partial charge is 0.254 e. The van der Waals surface area contributed by atoms with E-state index in [1.165, 1.54) is 0 Å². The van der Waals surface area contributed by atoms with Gasteiger partial charge in [0.1, 0.15) is 0 Å². The molecule has 2 N–H and O–H groups in total. The second kappa shape index (κ2) is 5.48. The van der Waals surface area contributed by atoms with Gasteiger partial charge < -0.3 is 20.1 Å². The second-order valence-corrected chi connectivity index (χ2v) is 4.92. The van der Waals surface area contributed by atoms with Crippen LogP contribution in [-0.2, 0) is 0 Å². The van der Waals surface area contributed by atoms with Crippen molar-refractivity contribution in [1.82, 2.24) is 4.90 Å². The van der Waals surface area contributed by atoms with Crippen LogP contribution >= 0.6 is 0 Å². The normalized spacial score (nSPS) is 22.4. The van der Waals surface area contributed by atoms with Gasteiger partial charge >= 0.3 is 0 Å². The summed E-state index contributed by atoms with van der Waals surface area (Å²) in [5.74, 6) is 1.50. The Kier molecular flexibility index (Phi) is 3.95. The zero-order valence-electron chi connectivity index (χ0n) is 11.6. The molecule has 5 nitrogen and oxygen atoms in total. The van der Waals surface area contributed by atoms with Gasteiger partial charge in [-0.15, -0.1) is 0 Å². The number of rotatable bonds is 3. The molecule has 1 aromatic rings. The first-order chi connectivity index (χ1) is 9.06. The number of amides is 1. The summed E-state index contributed by atoms with van der Waals surface area (Å²) in [5, 5.41) is 0. The summed E-state index contributed by atoms with van der Waals surface area (Å²) in [4.78, 5) is 14.2. The van der Waals surface area contributed by atoms with Gasteiger partial charge in [0, 0.05) is 24.7 Å². The molecule has 5 heteroatoms. The van der Waals surface area contributed by atoms with Gasteiger partial charge in [-0.1, -0.05) is 6.92 Å². The van der Waals surface area contributed by atoms with Crippen molar-refractivity contribution in [3.05, 3.63) is 23.8 Å². The minimum absolute atomic E-state index is 0.0132. The molecule has 0 saturated carbocycles. The lowest BCUT2D eigenvalue weighted by Gasteiger charge is -2.17. The number of hydrogen-bond acceptors (Lipinski definition) is 4. The number of benzene rings is 1. The average Bonchev–Trinajstić information content (AvgIpc) is 2.77. The number of carbonyl (C=O) groups is 1. The Hall–Kier alpha value is -1.75. The number of nitrogens with zero attached hydrogens (tertiary/aromatic N) is 1. The van der Waals surface area contributed by atoms with Crippen molar-refractivity contribution in [2.45, 2.75) is 13.0 Å². The summed E-state index contributed by atoms with van der Waals surface area (Å²) in [5.41, 5.74) is 6.54. The molecule has 1 amide bonds. The van der Waals surface area contributed by atoms with E-state index in [2.05, 4.69) is 6.92 Å². The predicted molar refractivity (Wildman–Crippen MR) is 72.6 cm³/mol. The van der Waals surface area contributed by atoms with Crippen LogP contribution in [0.15, 0.2) is 18.2 Å². The zero-order valence-corrected chi connectivity index (χ0v) is 11.6. The molecule has 2 rings (SSSR count). The zero-order chi connectivity index (χ0) is 14.0. The Morgan fingerprint density at radius 3 is 2.47 bits per heavy atom. The molecule has 1 fully saturated rings. The van der Waals surface area contributed by atoms with Crippen LogP contribution in [0.5, 0.6) is 11.5 Å². The quantitative estimate of drug-likeness (QED) is 0.888. The second-order valence-electron chi connectivity index (χ2n) is 4.92. The fourth-order valence-electron chi connectivity index (χ4n) is 2.31. The van der Waals surface area contributed by atoms with Crippen molar-refractivity contribution >= 4 is 5.91 Å². The lowest BCUT2D eigenvalue weighted by atomic mass is 10.1. The van der Waals surface area contributed by atoms with E-state index in [0.717, 1.165) is 0 Å². The molecule has 0 bridgehead atoms. The van der Waals surface area contributed by atoms with Crippen LogP contribution in [0.25, 0.3) is 0 Å². The average molecular weight is 264 g/mol. The first kappa shape index (κ1) is 13.7. The summed E-state index contributed by atoms with van der Waals surface area (Å²) >= 11 is 0. The third kappa shape index (κ3) is 2.66. The van der Waals surface area contributed by atoms with Gasteiger partial charge in [0.15, 0.2) is 11.5 Å². The lowest BCUT2D eigenvalue weighted by molar-refractivity contribution is 0.0786. The van der Waals surface area contributed by atoms with Gasteiger partial charge in [-0.05, 0) is 24.1 Å². The SMILES string of the molecule is COc1ccc(C(=O)N2CC(C)C(N)C2)cc1OC. The Morgan fingerprint density at radius 1 is 1.26 bits per heavy atom. The first-order valence-electron chi connectivity index (χ1n) is 6.33. The Morgan fingerprint density at radius 2 is 1.95 bits per heavy atom. The van der Waals surface area contributed by atoms with Crippen LogP contribution in [0.3, 0.4) is 0 Å². The molecule has 1 aromatic carbocycles. The van der Waals surface area contributed by atoms with Gasteiger partial charge in [-0.25, -0.2) is 0 Å². The van der Waals surface area contributed by atoms with E-state index in [0.29, 0.717) is 36.1 Å². The van der Waals surface area contributed by atoms with Gasteiger partial charge in [-0.2, -0.15) is 0 Å².